The number of carbonyl (C=O) groups is 1. The van der Waals surface area contributed by atoms with Crippen LogP contribution in [0.4, 0.5) is 10.1 Å². The Hall–Kier alpha value is -3.00. The zero-order valence-corrected chi connectivity index (χ0v) is 30.2. The fourth-order valence-corrected chi connectivity index (χ4v) is 13.0. The van der Waals surface area contributed by atoms with Crippen LogP contribution in [0.15, 0.2) is 84.9 Å². The molecule has 7 heteroatoms. The molecule has 2 aliphatic heterocycles. The Morgan fingerprint density at radius 3 is 1.91 bits per heavy atom. The average molecular weight is 644 g/mol. The monoisotopic (exact) mass is 643 g/mol. The number of hydrogen-bond donors (Lipinski definition) is 1. The molecular weight excluding hydrogens is 590 g/mol. The van der Waals surface area contributed by atoms with Gasteiger partial charge in [-0.2, -0.15) is 0 Å². The normalized spacial score (nSPS) is 19.5. The van der Waals surface area contributed by atoms with Gasteiger partial charge in [-0.15, -0.1) is 0 Å². The van der Waals surface area contributed by atoms with Crippen LogP contribution in [-0.4, -0.2) is 56.1 Å². The predicted octanol–water partition coefficient (Wildman–Crippen LogP) is 7.10. The van der Waals surface area contributed by atoms with Crippen LogP contribution in [0, 0.1) is 11.2 Å². The van der Waals surface area contributed by atoms with Gasteiger partial charge >= 0.3 is 0 Å². The molecule has 1 N–H and O–H groups in total. The summed E-state index contributed by atoms with van der Waals surface area (Å²) in [5, 5.41) is 5.71. The van der Waals surface area contributed by atoms with E-state index in [0.717, 1.165) is 38.0 Å². The number of likely N-dealkylation sites (tertiary alicyclic amines) is 1. The van der Waals surface area contributed by atoms with Crippen molar-refractivity contribution in [3.05, 3.63) is 90.7 Å². The van der Waals surface area contributed by atoms with E-state index in [0.29, 0.717) is 13.0 Å². The lowest BCUT2D eigenvalue weighted by Gasteiger charge is -2.51. The number of halogens is 1. The van der Waals surface area contributed by atoms with E-state index in [1.807, 2.05) is 18.2 Å². The Morgan fingerprint density at radius 2 is 1.41 bits per heavy atom. The average Bonchev–Trinajstić information content (AvgIpc) is 3.24. The molecule has 3 aromatic rings. The van der Waals surface area contributed by atoms with Gasteiger partial charge in [-0.3, -0.25) is 9.69 Å². The van der Waals surface area contributed by atoms with Gasteiger partial charge in [0.2, 0.25) is 5.91 Å². The van der Waals surface area contributed by atoms with Gasteiger partial charge in [0.05, 0.1) is 0 Å². The van der Waals surface area contributed by atoms with Gasteiger partial charge in [0.15, 0.2) is 0 Å². The number of benzene rings is 3. The molecule has 1 atom stereocenters. The highest BCUT2D eigenvalue weighted by atomic mass is 28.4. The summed E-state index contributed by atoms with van der Waals surface area (Å²) in [6, 6.07) is 27.5. The van der Waals surface area contributed by atoms with Crippen LogP contribution in [0.25, 0.3) is 0 Å². The van der Waals surface area contributed by atoms with Crippen molar-refractivity contribution in [2.24, 2.45) is 5.41 Å². The molecule has 0 bridgehead atoms. The molecule has 0 saturated carbocycles. The molecule has 2 heterocycles. The Bertz CT molecular complexity index is 1430. The molecule has 3 aromatic carbocycles. The third kappa shape index (κ3) is 6.83. The van der Waals surface area contributed by atoms with Gasteiger partial charge < -0.3 is 14.6 Å². The number of carbonyl (C=O) groups excluding carboxylic acids is 1. The van der Waals surface area contributed by atoms with Gasteiger partial charge in [-0.1, -0.05) is 108 Å². The Morgan fingerprint density at radius 1 is 0.848 bits per heavy atom. The first-order valence-electron chi connectivity index (χ1n) is 17.0. The lowest BCUT2D eigenvalue weighted by atomic mass is 9.79. The Kier molecular flexibility index (Phi) is 9.62. The summed E-state index contributed by atoms with van der Waals surface area (Å²) >= 11 is 0. The van der Waals surface area contributed by atoms with Gasteiger partial charge in [0, 0.05) is 43.8 Å². The van der Waals surface area contributed by atoms with Gasteiger partial charge in [-0.25, -0.2) is 4.39 Å². The van der Waals surface area contributed by atoms with Crippen LogP contribution in [0.1, 0.15) is 81.1 Å². The minimum Gasteiger partial charge on any atom is -0.407 e. The summed E-state index contributed by atoms with van der Waals surface area (Å²) in [5.74, 6) is -0.296. The molecule has 0 aliphatic carbocycles. The smallest absolute Gasteiger partial charge is 0.261 e. The van der Waals surface area contributed by atoms with Crippen LogP contribution in [0.5, 0.6) is 0 Å². The second-order valence-electron chi connectivity index (χ2n) is 16.2. The zero-order valence-electron chi connectivity index (χ0n) is 29.2. The number of amides is 1. The first-order valence-corrected chi connectivity index (χ1v) is 18.9. The van der Waals surface area contributed by atoms with Gasteiger partial charge in [-0.05, 0) is 65.7 Å². The van der Waals surface area contributed by atoms with Gasteiger partial charge in [0.25, 0.3) is 8.32 Å². The molecule has 2 aliphatic rings. The van der Waals surface area contributed by atoms with E-state index in [4.69, 9.17) is 4.43 Å². The van der Waals surface area contributed by atoms with Crippen molar-refractivity contribution in [1.82, 2.24) is 10.2 Å². The molecule has 0 radical (unpaired) electrons. The maximum atomic E-state index is 14.7. The molecule has 5 rings (SSSR count). The van der Waals surface area contributed by atoms with Crippen molar-refractivity contribution in [1.29, 1.82) is 0 Å². The van der Waals surface area contributed by atoms with E-state index in [1.54, 1.807) is 12.1 Å². The molecule has 0 aromatic heterocycles. The molecule has 248 valence electrons. The molecule has 1 spiro atoms. The summed E-state index contributed by atoms with van der Waals surface area (Å²) in [6.07, 6.45) is 3.13. The van der Waals surface area contributed by atoms with Crippen molar-refractivity contribution in [2.45, 2.75) is 103 Å². The lowest BCUT2D eigenvalue weighted by Crippen LogP contribution is -2.66. The van der Waals surface area contributed by atoms with E-state index in [2.05, 4.69) is 119 Å². The second-order valence-corrected chi connectivity index (χ2v) is 20.5. The standard InChI is InChI=1S/C39H54FN3O2Si/c1-36(2,3)29-38(7,8)42-25-23-39(24-26-42)41-35(44)34(43(39)31-17-15-16-30(40)28-31)22-27-45-46(37(4,5)6,32-18-11-9-12-19-32)33-20-13-10-14-21-33/h9-21,28,34H,22-27,29H2,1-8H3,(H,41,44). The minimum atomic E-state index is -2.77. The third-order valence-corrected chi connectivity index (χ3v) is 15.1. The zero-order chi connectivity index (χ0) is 33.4. The predicted molar refractivity (Wildman–Crippen MR) is 191 cm³/mol. The van der Waals surface area contributed by atoms with Crippen LogP contribution in [0.2, 0.25) is 5.04 Å². The number of rotatable bonds is 9. The summed E-state index contributed by atoms with van der Waals surface area (Å²) in [4.78, 5) is 18.7. The first kappa shape index (κ1) is 34.3. The van der Waals surface area contributed by atoms with Crippen molar-refractivity contribution in [2.75, 3.05) is 24.6 Å². The molecule has 2 saturated heterocycles. The Labute approximate surface area is 277 Å². The van der Waals surface area contributed by atoms with Crippen molar-refractivity contribution in [3.8, 4) is 0 Å². The topological polar surface area (TPSA) is 44.8 Å². The molecular formula is C39H54FN3O2Si. The van der Waals surface area contributed by atoms with E-state index < -0.39 is 20.0 Å². The fraction of sp³-hybridized carbons (Fsp3) is 0.513. The van der Waals surface area contributed by atoms with E-state index in [-0.39, 0.29) is 27.7 Å². The second kappa shape index (κ2) is 12.9. The van der Waals surface area contributed by atoms with Crippen LogP contribution >= 0.6 is 0 Å². The number of hydrogen-bond acceptors (Lipinski definition) is 4. The lowest BCUT2D eigenvalue weighted by molar-refractivity contribution is -0.121. The van der Waals surface area contributed by atoms with Crippen molar-refractivity contribution >= 4 is 30.3 Å². The summed E-state index contributed by atoms with van der Waals surface area (Å²) in [7, 11) is -2.77. The molecule has 2 fully saturated rings. The number of nitrogens with one attached hydrogen (secondary N) is 1. The summed E-state index contributed by atoms with van der Waals surface area (Å²) < 4.78 is 22.0. The largest absolute Gasteiger partial charge is 0.407 e. The highest BCUT2D eigenvalue weighted by Gasteiger charge is 2.54. The maximum Gasteiger partial charge on any atom is 0.261 e. The Balaban J connectivity index is 1.44. The number of nitrogens with zero attached hydrogens (tertiary/aromatic N) is 2. The molecule has 46 heavy (non-hydrogen) atoms. The van der Waals surface area contributed by atoms with E-state index in [9.17, 15) is 9.18 Å². The van der Waals surface area contributed by atoms with E-state index >= 15 is 0 Å². The highest BCUT2D eigenvalue weighted by molar-refractivity contribution is 6.99. The number of anilines is 1. The van der Waals surface area contributed by atoms with Gasteiger partial charge in [0.1, 0.15) is 17.5 Å². The number of piperidine rings is 1. The van der Waals surface area contributed by atoms with E-state index in [1.165, 1.54) is 16.4 Å². The molecule has 1 amide bonds. The minimum absolute atomic E-state index is 0.00212. The maximum absolute atomic E-state index is 14.7. The van der Waals surface area contributed by atoms with Crippen LogP contribution in [-0.2, 0) is 9.22 Å². The highest BCUT2D eigenvalue weighted by Crippen LogP contribution is 2.42. The third-order valence-electron chi connectivity index (χ3n) is 10.1. The molecule has 5 nitrogen and oxygen atoms in total. The SMILES string of the molecule is CC(C)(C)CC(C)(C)N1CCC2(CC1)NC(=O)C(CCO[Si](c1ccccc1)(c1ccccc1)C(C)(C)C)N2c1cccc(F)c1. The van der Waals surface area contributed by atoms with Crippen LogP contribution in [0.3, 0.4) is 0 Å². The quantitative estimate of drug-likeness (QED) is 0.253. The fourth-order valence-electron chi connectivity index (χ4n) is 8.44. The molecule has 1 unspecified atom stereocenters. The first-order chi connectivity index (χ1) is 21.6. The van der Waals surface area contributed by atoms with Crippen LogP contribution < -0.4 is 20.6 Å². The van der Waals surface area contributed by atoms with Crippen molar-refractivity contribution in [3.63, 3.8) is 0 Å². The summed E-state index contributed by atoms with van der Waals surface area (Å²) in [6.45, 7) is 20.5. The van der Waals surface area contributed by atoms with Crippen molar-refractivity contribution < 1.29 is 13.6 Å². The summed E-state index contributed by atoms with van der Waals surface area (Å²) in [5.41, 5.74) is 0.427.